The van der Waals surface area contributed by atoms with Gasteiger partial charge in [-0.3, -0.25) is 0 Å². The summed E-state index contributed by atoms with van der Waals surface area (Å²) in [5.74, 6) is 1.00. The Balaban J connectivity index is 2.05. The summed E-state index contributed by atoms with van der Waals surface area (Å²) in [7, 11) is 4.24. The number of aromatic nitrogens is 3. The van der Waals surface area contributed by atoms with Crippen LogP contribution >= 0.6 is 0 Å². The van der Waals surface area contributed by atoms with Gasteiger partial charge in [0.05, 0.1) is 11.0 Å². The maximum absolute atomic E-state index is 4.93. The highest BCUT2D eigenvalue weighted by Gasteiger charge is 2.26. The third-order valence-corrected chi connectivity index (χ3v) is 5.25. The Labute approximate surface area is 154 Å². The molecule has 0 fully saturated rings. The van der Waals surface area contributed by atoms with Gasteiger partial charge in [0.1, 0.15) is 7.05 Å². The van der Waals surface area contributed by atoms with Crippen molar-refractivity contribution in [1.82, 2.24) is 9.55 Å². The van der Waals surface area contributed by atoms with Crippen LogP contribution in [0.1, 0.15) is 16.7 Å². The minimum Gasteiger partial charge on any atom is -0.322 e. The fourth-order valence-electron chi connectivity index (χ4n) is 4.02. The van der Waals surface area contributed by atoms with E-state index in [9.17, 15) is 0 Å². The van der Waals surface area contributed by atoms with Crippen LogP contribution < -0.4 is 4.57 Å². The molecule has 2 heterocycles. The van der Waals surface area contributed by atoms with E-state index in [1.54, 1.807) is 0 Å². The van der Waals surface area contributed by atoms with E-state index in [1.807, 2.05) is 6.07 Å². The molecule has 0 aliphatic rings. The van der Waals surface area contributed by atoms with Gasteiger partial charge < -0.3 is 4.57 Å². The quantitative estimate of drug-likeness (QED) is 0.486. The van der Waals surface area contributed by atoms with E-state index in [-0.39, 0.29) is 0 Å². The molecule has 4 rings (SSSR count). The normalized spacial score (nSPS) is 11.3. The molecule has 4 aromatic rings. The van der Waals surface area contributed by atoms with Crippen LogP contribution in [0.5, 0.6) is 0 Å². The second-order valence-corrected chi connectivity index (χ2v) is 7.06. The zero-order valence-electron chi connectivity index (χ0n) is 16.0. The lowest BCUT2D eigenvalue weighted by Crippen LogP contribution is -2.36. The van der Waals surface area contributed by atoms with Crippen molar-refractivity contribution in [2.24, 2.45) is 14.1 Å². The number of hydrogen-bond acceptors (Lipinski definition) is 1. The maximum Gasteiger partial charge on any atom is 0.251 e. The molecule has 0 atom stereocenters. The van der Waals surface area contributed by atoms with Crippen LogP contribution in [0.2, 0.25) is 0 Å². The molecule has 0 saturated heterocycles. The summed E-state index contributed by atoms with van der Waals surface area (Å²) in [4.78, 5) is 4.93. The van der Waals surface area contributed by atoms with Crippen molar-refractivity contribution in [1.29, 1.82) is 0 Å². The van der Waals surface area contributed by atoms with E-state index in [0.29, 0.717) is 0 Å². The standard InChI is InChI=1S/C23H24N3/c1-15-10-6-7-11-18(15)21-16(2)14-17(3)22(26(21)5)23-24-19-12-8-9-13-20(19)25(23)4/h6-14H,1-5H3/q+1. The first kappa shape index (κ1) is 16.5. The number of para-hydroxylation sites is 2. The number of rotatable bonds is 2. The van der Waals surface area contributed by atoms with Crippen molar-refractivity contribution in [2.45, 2.75) is 20.8 Å². The summed E-state index contributed by atoms with van der Waals surface area (Å²) in [6.45, 7) is 6.53. The van der Waals surface area contributed by atoms with Gasteiger partial charge in [0.25, 0.3) is 5.69 Å². The molecule has 0 unspecified atom stereocenters. The Morgan fingerprint density at radius 3 is 2.19 bits per heavy atom. The van der Waals surface area contributed by atoms with Crippen LogP contribution in [0.15, 0.2) is 54.6 Å². The number of fused-ring (bicyclic) bond motifs is 1. The van der Waals surface area contributed by atoms with E-state index < -0.39 is 0 Å². The van der Waals surface area contributed by atoms with Crippen molar-refractivity contribution >= 4 is 11.0 Å². The van der Waals surface area contributed by atoms with Crippen LogP contribution in [-0.2, 0) is 14.1 Å². The molecule has 0 N–H and O–H groups in total. The number of nitrogens with zero attached hydrogens (tertiary/aromatic N) is 3. The van der Waals surface area contributed by atoms with Crippen molar-refractivity contribution < 1.29 is 4.57 Å². The average Bonchev–Trinajstić information content (AvgIpc) is 2.93. The lowest BCUT2D eigenvalue weighted by atomic mass is 9.99. The molecule has 130 valence electrons. The lowest BCUT2D eigenvalue weighted by Gasteiger charge is -2.12. The minimum absolute atomic E-state index is 1.00. The Morgan fingerprint density at radius 2 is 1.46 bits per heavy atom. The zero-order chi connectivity index (χ0) is 18.4. The van der Waals surface area contributed by atoms with E-state index in [2.05, 4.69) is 92.5 Å². The highest BCUT2D eigenvalue weighted by molar-refractivity contribution is 5.80. The van der Waals surface area contributed by atoms with E-state index in [1.165, 1.54) is 27.9 Å². The Hall–Kier alpha value is -2.94. The smallest absolute Gasteiger partial charge is 0.251 e. The molecular formula is C23H24N3+. The van der Waals surface area contributed by atoms with Crippen molar-refractivity contribution in [2.75, 3.05) is 0 Å². The second-order valence-electron chi connectivity index (χ2n) is 7.06. The molecule has 0 amide bonds. The third kappa shape index (κ3) is 2.43. The molecule has 26 heavy (non-hydrogen) atoms. The first-order valence-electron chi connectivity index (χ1n) is 8.97. The molecule has 0 aliphatic carbocycles. The van der Waals surface area contributed by atoms with Crippen LogP contribution in [0.4, 0.5) is 0 Å². The first-order valence-corrected chi connectivity index (χ1v) is 8.97. The van der Waals surface area contributed by atoms with Gasteiger partial charge in [-0.05, 0) is 50.6 Å². The predicted octanol–water partition coefficient (Wildman–Crippen LogP) is 4.66. The minimum atomic E-state index is 1.00. The molecule has 0 spiro atoms. The Morgan fingerprint density at radius 1 is 0.808 bits per heavy atom. The average molecular weight is 342 g/mol. The van der Waals surface area contributed by atoms with Gasteiger partial charge in [-0.15, -0.1) is 0 Å². The number of hydrogen-bond donors (Lipinski definition) is 0. The molecule has 2 aromatic heterocycles. The highest BCUT2D eigenvalue weighted by atomic mass is 15.1. The van der Waals surface area contributed by atoms with Crippen LogP contribution in [0, 0.1) is 20.8 Å². The topological polar surface area (TPSA) is 21.7 Å². The Bertz CT molecular complexity index is 1140. The lowest BCUT2D eigenvalue weighted by molar-refractivity contribution is -0.650. The van der Waals surface area contributed by atoms with Crippen molar-refractivity contribution in [3.05, 3.63) is 71.3 Å². The summed E-state index contributed by atoms with van der Waals surface area (Å²) >= 11 is 0. The summed E-state index contributed by atoms with van der Waals surface area (Å²) < 4.78 is 4.49. The summed E-state index contributed by atoms with van der Waals surface area (Å²) in [6.07, 6.45) is 0. The van der Waals surface area contributed by atoms with Gasteiger partial charge in [-0.25, -0.2) is 4.98 Å². The van der Waals surface area contributed by atoms with Crippen molar-refractivity contribution in [3.63, 3.8) is 0 Å². The van der Waals surface area contributed by atoms with Gasteiger partial charge >= 0.3 is 0 Å². The molecule has 2 aromatic carbocycles. The van der Waals surface area contributed by atoms with Gasteiger partial charge in [-0.2, -0.15) is 4.57 Å². The number of imidazole rings is 1. The summed E-state index contributed by atoms with van der Waals surface area (Å²) in [5, 5.41) is 0. The fraction of sp³-hybridized carbons (Fsp3) is 0.217. The second kappa shape index (κ2) is 6.10. The number of pyridine rings is 1. The molecule has 0 aliphatic heterocycles. The first-order chi connectivity index (χ1) is 12.5. The molecular weight excluding hydrogens is 318 g/mol. The van der Waals surface area contributed by atoms with Crippen LogP contribution in [0.3, 0.4) is 0 Å². The zero-order valence-corrected chi connectivity index (χ0v) is 16.0. The molecule has 0 saturated carbocycles. The highest BCUT2D eigenvalue weighted by Crippen LogP contribution is 2.29. The van der Waals surface area contributed by atoms with Gasteiger partial charge in [-0.1, -0.05) is 30.3 Å². The molecule has 0 radical (unpaired) electrons. The maximum atomic E-state index is 4.93. The predicted molar refractivity (Wildman–Crippen MR) is 107 cm³/mol. The largest absolute Gasteiger partial charge is 0.322 e. The SMILES string of the molecule is Cc1ccccc1-c1c(C)cc(C)c(-c2nc3ccccc3n2C)[n+]1C. The van der Waals surface area contributed by atoms with Crippen molar-refractivity contribution in [3.8, 4) is 22.8 Å². The third-order valence-electron chi connectivity index (χ3n) is 5.25. The molecule has 0 bridgehead atoms. The van der Waals surface area contributed by atoms with Gasteiger partial charge in [0, 0.05) is 23.7 Å². The number of aryl methyl sites for hydroxylation is 4. The fourth-order valence-corrected chi connectivity index (χ4v) is 4.02. The number of benzene rings is 2. The Kier molecular flexibility index (Phi) is 3.87. The van der Waals surface area contributed by atoms with E-state index >= 15 is 0 Å². The summed E-state index contributed by atoms with van der Waals surface area (Å²) in [6, 6.07) is 19.1. The van der Waals surface area contributed by atoms with Crippen LogP contribution in [-0.4, -0.2) is 9.55 Å². The van der Waals surface area contributed by atoms with Crippen LogP contribution in [0.25, 0.3) is 33.8 Å². The van der Waals surface area contributed by atoms with E-state index in [0.717, 1.165) is 22.6 Å². The molecule has 3 heteroatoms. The monoisotopic (exact) mass is 342 g/mol. The van der Waals surface area contributed by atoms with Gasteiger partial charge in [0.15, 0.2) is 0 Å². The molecule has 3 nitrogen and oxygen atoms in total. The van der Waals surface area contributed by atoms with E-state index in [4.69, 9.17) is 4.98 Å². The summed E-state index contributed by atoms with van der Waals surface area (Å²) in [5.41, 5.74) is 9.66. The van der Waals surface area contributed by atoms with Gasteiger partial charge in [0.2, 0.25) is 11.5 Å².